The summed E-state index contributed by atoms with van der Waals surface area (Å²) in [7, 11) is 3.12. The molecule has 0 aliphatic rings. The molecule has 2 N–H and O–H groups in total. The van der Waals surface area contributed by atoms with Crippen molar-refractivity contribution in [3.63, 3.8) is 0 Å². The Kier molecular flexibility index (Phi) is 5.34. The summed E-state index contributed by atoms with van der Waals surface area (Å²) in [6, 6.07) is 8.27. The van der Waals surface area contributed by atoms with Gasteiger partial charge < -0.3 is 19.9 Å². The van der Waals surface area contributed by atoms with E-state index in [1.54, 1.807) is 32.4 Å². The minimum absolute atomic E-state index is 0.104. The number of hydrogen-bond donors (Lipinski definition) is 1. The molecular formula is C17H18ClNO4. The van der Waals surface area contributed by atoms with Crippen LogP contribution in [0.25, 0.3) is 0 Å². The van der Waals surface area contributed by atoms with Crippen LogP contribution in [0.15, 0.2) is 30.3 Å². The van der Waals surface area contributed by atoms with Crippen molar-refractivity contribution in [2.24, 2.45) is 0 Å². The third-order valence-electron chi connectivity index (χ3n) is 3.43. The quantitative estimate of drug-likeness (QED) is 0.667. The molecule has 0 bridgehead atoms. The monoisotopic (exact) mass is 335 g/mol. The number of ether oxygens (including phenoxy) is 3. The minimum atomic E-state index is -0.506. The number of esters is 1. The fraction of sp³-hybridized carbons (Fsp3) is 0.235. The summed E-state index contributed by atoms with van der Waals surface area (Å²) in [4.78, 5) is 12.1. The maximum atomic E-state index is 12.1. The van der Waals surface area contributed by atoms with E-state index in [0.29, 0.717) is 16.5 Å². The molecule has 0 aliphatic heterocycles. The molecule has 0 amide bonds. The van der Waals surface area contributed by atoms with Gasteiger partial charge in [0, 0.05) is 10.7 Å². The highest BCUT2D eigenvalue weighted by Crippen LogP contribution is 2.30. The van der Waals surface area contributed by atoms with E-state index in [-0.39, 0.29) is 17.9 Å². The van der Waals surface area contributed by atoms with Crippen LogP contribution >= 0.6 is 11.6 Å². The molecular weight excluding hydrogens is 318 g/mol. The maximum absolute atomic E-state index is 12.1. The van der Waals surface area contributed by atoms with Gasteiger partial charge in [-0.25, -0.2) is 4.79 Å². The summed E-state index contributed by atoms with van der Waals surface area (Å²) in [5.74, 6) is 0.700. The average molecular weight is 336 g/mol. The molecule has 2 rings (SSSR count). The lowest BCUT2D eigenvalue weighted by Crippen LogP contribution is -2.09. The maximum Gasteiger partial charge on any atom is 0.340 e. The Morgan fingerprint density at radius 2 is 1.78 bits per heavy atom. The van der Waals surface area contributed by atoms with Gasteiger partial charge in [0.1, 0.15) is 6.61 Å². The van der Waals surface area contributed by atoms with Crippen LogP contribution in [0.4, 0.5) is 5.69 Å². The first-order valence-electron chi connectivity index (χ1n) is 6.90. The van der Waals surface area contributed by atoms with Crippen LogP contribution in [-0.2, 0) is 11.3 Å². The molecule has 0 radical (unpaired) electrons. The fourth-order valence-corrected chi connectivity index (χ4v) is 2.30. The zero-order chi connectivity index (χ0) is 17.0. The molecule has 0 spiro atoms. The van der Waals surface area contributed by atoms with E-state index in [2.05, 4.69) is 0 Å². The third-order valence-corrected chi connectivity index (χ3v) is 3.67. The van der Waals surface area contributed by atoms with Gasteiger partial charge in [0.2, 0.25) is 0 Å². The van der Waals surface area contributed by atoms with Gasteiger partial charge in [0.25, 0.3) is 0 Å². The van der Waals surface area contributed by atoms with Gasteiger partial charge >= 0.3 is 5.97 Å². The van der Waals surface area contributed by atoms with Crippen molar-refractivity contribution in [2.45, 2.75) is 13.5 Å². The molecule has 23 heavy (non-hydrogen) atoms. The van der Waals surface area contributed by atoms with Crippen LogP contribution in [0.3, 0.4) is 0 Å². The van der Waals surface area contributed by atoms with Crippen molar-refractivity contribution < 1.29 is 19.0 Å². The number of hydrogen-bond acceptors (Lipinski definition) is 5. The number of anilines is 1. The van der Waals surface area contributed by atoms with Gasteiger partial charge in [0.15, 0.2) is 11.5 Å². The second-order valence-corrected chi connectivity index (χ2v) is 5.38. The second-order valence-electron chi connectivity index (χ2n) is 4.94. The standard InChI is InChI=1S/C17H18ClNO4/c1-10-6-15(21-2)16(22-3)7-11(10)9-23-17(20)13-5-4-12(18)8-14(13)19/h4-8H,9,19H2,1-3H3. The van der Waals surface area contributed by atoms with Gasteiger partial charge in [-0.05, 0) is 48.4 Å². The van der Waals surface area contributed by atoms with Crippen molar-refractivity contribution in [2.75, 3.05) is 20.0 Å². The van der Waals surface area contributed by atoms with Crippen molar-refractivity contribution in [3.8, 4) is 11.5 Å². The van der Waals surface area contributed by atoms with Gasteiger partial charge in [-0.1, -0.05) is 11.6 Å². The zero-order valence-electron chi connectivity index (χ0n) is 13.2. The molecule has 0 fully saturated rings. The summed E-state index contributed by atoms with van der Waals surface area (Å²) < 4.78 is 15.8. The Morgan fingerprint density at radius 3 is 2.39 bits per heavy atom. The number of rotatable bonds is 5. The minimum Gasteiger partial charge on any atom is -0.493 e. The summed E-state index contributed by atoms with van der Waals surface area (Å²) in [5.41, 5.74) is 8.10. The number of carbonyl (C=O) groups is 1. The average Bonchev–Trinajstić information content (AvgIpc) is 2.53. The predicted molar refractivity (Wildman–Crippen MR) is 89.3 cm³/mol. The SMILES string of the molecule is COc1cc(C)c(COC(=O)c2ccc(Cl)cc2N)cc1OC. The van der Waals surface area contributed by atoms with Gasteiger partial charge in [-0.15, -0.1) is 0 Å². The highest BCUT2D eigenvalue weighted by molar-refractivity contribution is 6.31. The largest absolute Gasteiger partial charge is 0.493 e. The van der Waals surface area contributed by atoms with Crippen molar-refractivity contribution >= 4 is 23.3 Å². The third kappa shape index (κ3) is 3.87. The molecule has 0 saturated carbocycles. The van der Waals surface area contributed by atoms with E-state index in [9.17, 15) is 4.79 Å². The number of nitrogen functional groups attached to an aromatic ring is 1. The molecule has 2 aromatic carbocycles. The Morgan fingerprint density at radius 1 is 1.13 bits per heavy atom. The van der Waals surface area contributed by atoms with Crippen molar-refractivity contribution in [1.29, 1.82) is 0 Å². The molecule has 5 nitrogen and oxygen atoms in total. The lowest BCUT2D eigenvalue weighted by molar-refractivity contribution is 0.0473. The second kappa shape index (κ2) is 7.24. The zero-order valence-corrected chi connectivity index (χ0v) is 13.9. The lowest BCUT2D eigenvalue weighted by atomic mass is 10.1. The molecule has 0 saturated heterocycles. The molecule has 0 aromatic heterocycles. The molecule has 6 heteroatoms. The van der Waals surface area contributed by atoms with Crippen molar-refractivity contribution in [1.82, 2.24) is 0 Å². The Hall–Kier alpha value is -2.40. The van der Waals surface area contributed by atoms with E-state index < -0.39 is 5.97 Å². The molecule has 0 heterocycles. The van der Waals surface area contributed by atoms with E-state index in [0.717, 1.165) is 11.1 Å². The predicted octanol–water partition coefficient (Wildman–Crippen LogP) is 3.60. The molecule has 0 atom stereocenters. The number of methoxy groups -OCH3 is 2. The van der Waals surface area contributed by atoms with Crippen LogP contribution in [0.5, 0.6) is 11.5 Å². The number of benzene rings is 2. The first-order chi connectivity index (χ1) is 11.0. The fourth-order valence-electron chi connectivity index (χ4n) is 2.12. The summed E-state index contributed by atoms with van der Waals surface area (Å²) in [6.07, 6.45) is 0. The van der Waals surface area contributed by atoms with Crippen LogP contribution in [0.1, 0.15) is 21.5 Å². The number of nitrogens with two attached hydrogens (primary N) is 1. The summed E-state index contributed by atoms with van der Waals surface area (Å²) in [6.45, 7) is 2.01. The highest BCUT2D eigenvalue weighted by Gasteiger charge is 2.14. The Balaban J connectivity index is 2.15. The summed E-state index contributed by atoms with van der Waals surface area (Å²) in [5, 5.41) is 0.467. The number of halogens is 1. The van der Waals surface area contributed by atoms with E-state index in [1.807, 2.05) is 13.0 Å². The smallest absolute Gasteiger partial charge is 0.340 e. The van der Waals surface area contributed by atoms with E-state index in [1.165, 1.54) is 6.07 Å². The summed E-state index contributed by atoms with van der Waals surface area (Å²) >= 11 is 5.82. The topological polar surface area (TPSA) is 70.8 Å². The van der Waals surface area contributed by atoms with Crippen molar-refractivity contribution in [3.05, 3.63) is 52.0 Å². The van der Waals surface area contributed by atoms with Gasteiger partial charge in [-0.2, -0.15) is 0 Å². The molecule has 2 aromatic rings. The first kappa shape index (κ1) is 17.0. The Labute approximate surface area is 139 Å². The molecule has 0 aliphatic carbocycles. The van der Waals surface area contributed by atoms with Crippen LogP contribution in [0, 0.1) is 6.92 Å². The number of carbonyl (C=O) groups excluding carboxylic acids is 1. The van der Waals surface area contributed by atoms with E-state index >= 15 is 0 Å². The Bertz CT molecular complexity index is 731. The van der Waals surface area contributed by atoms with Gasteiger partial charge in [0.05, 0.1) is 19.8 Å². The van der Waals surface area contributed by atoms with Crippen LogP contribution in [-0.4, -0.2) is 20.2 Å². The molecule has 0 unspecified atom stereocenters. The normalized spacial score (nSPS) is 10.3. The lowest BCUT2D eigenvalue weighted by Gasteiger charge is -2.13. The molecule has 122 valence electrons. The van der Waals surface area contributed by atoms with Crippen LogP contribution < -0.4 is 15.2 Å². The van der Waals surface area contributed by atoms with E-state index in [4.69, 9.17) is 31.5 Å². The highest BCUT2D eigenvalue weighted by atomic mass is 35.5. The first-order valence-corrected chi connectivity index (χ1v) is 7.27. The van der Waals surface area contributed by atoms with Crippen LogP contribution in [0.2, 0.25) is 5.02 Å². The number of aryl methyl sites for hydroxylation is 1. The van der Waals surface area contributed by atoms with Gasteiger partial charge in [-0.3, -0.25) is 0 Å².